The number of hydrogen-bond donors (Lipinski definition) is 2. The maximum Gasteiger partial charge on any atom is 0.254 e. The van der Waals surface area contributed by atoms with Gasteiger partial charge in [0.2, 0.25) is 0 Å². The molecule has 3 nitrogen and oxygen atoms in total. The summed E-state index contributed by atoms with van der Waals surface area (Å²) in [6.45, 7) is 3.85. The lowest BCUT2D eigenvalue weighted by Gasteiger charge is -2.19. The first kappa shape index (κ1) is 13.1. The molecule has 0 radical (unpaired) electrons. The maximum atomic E-state index is 13.3. The van der Waals surface area contributed by atoms with Gasteiger partial charge in [-0.05, 0) is 32.0 Å². The number of hydrogen-bond acceptors (Lipinski definition) is 2. The van der Waals surface area contributed by atoms with Gasteiger partial charge < -0.3 is 11.1 Å². The van der Waals surface area contributed by atoms with Gasteiger partial charge in [0, 0.05) is 16.6 Å². The highest BCUT2D eigenvalue weighted by molar-refractivity contribution is 9.10. The predicted molar refractivity (Wildman–Crippen MR) is 64.7 cm³/mol. The molecule has 88 valence electrons. The van der Waals surface area contributed by atoms with Gasteiger partial charge in [0.1, 0.15) is 5.82 Å². The van der Waals surface area contributed by atoms with Crippen molar-refractivity contribution in [3.8, 4) is 0 Å². The Labute approximate surface area is 102 Å². The van der Waals surface area contributed by atoms with E-state index in [1.165, 1.54) is 12.1 Å². The van der Waals surface area contributed by atoms with Crippen molar-refractivity contribution in [1.29, 1.82) is 0 Å². The van der Waals surface area contributed by atoms with Crippen LogP contribution in [0.2, 0.25) is 0 Å². The van der Waals surface area contributed by atoms with Crippen LogP contribution in [0.3, 0.4) is 0 Å². The minimum absolute atomic E-state index is 0.0126. The molecule has 0 heterocycles. The molecular formula is C11H14BrFN2O. The summed E-state index contributed by atoms with van der Waals surface area (Å²) in [5.41, 5.74) is 5.21. The van der Waals surface area contributed by atoms with E-state index in [1.807, 2.05) is 0 Å². The van der Waals surface area contributed by atoms with E-state index in [2.05, 4.69) is 21.2 Å². The van der Waals surface area contributed by atoms with Crippen molar-refractivity contribution in [2.45, 2.75) is 19.4 Å². The molecule has 3 N–H and O–H groups in total. The molecule has 0 unspecified atom stereocenters. The molecule has 16 heavy (non-hydrogen) atoms. The van der Waals surface area contributed by atoms with E-state index < -0.39 is 17.3 Å². The third-order valence-electron chi connectivity index (χ3n) is 1.88. The Kier molecular flexibility index (Phi) is 4.04. The standard InChI is InChI=1S/C11H14BrFN2O/c1-11(2,14)6-15-10(16)8-5-7(12)3-4-9(8)13/h3-5H,6,14H2,1-2H3,(H,15,16). The fraction of sp³-hybridized carbons (Fsp3) is 0.364. The molecule has 1 amide bonds. The summed E-state index contributed by atoms with van der Waals surface area (Å²) < 4.78 is 14.0. The summed E-state index contributed by atoms with van der Waals surface area (Å²) in [5.74, 6) is -1.01. The fourth-order valence-electron chi connectivity index (χ4n) is 1.07. The van der Waals surface area contributed by atoms with Gasteiger partial charge in [-0.15, -0.1) is 0 Å². The van der Waals surface area contributed by atoms with Crippen molar-refractivity contribution >= 4 is 21.8 Å². The van der Waals surface area contributed by atoms with Crippen LogP contribution in [0.1, 0.15) is 24.2 Å². The Morgan fingerprint density at radius 3 is 2.75 bits per heavy atom. The number of benzene rings is 1. The molecule has 1 aromatic rings. The van der Waals surface area contributed by atoms with E-state index in [0.29, 0.717) is 4.47 Å². The van der Waals surface area contributed by atoms with Crippen LogP contribution in [0, 0.1) is 5.82 Å². The fourth-order valence-corrected chi connectivity index (χ4v) is 1.44. The second-order valence-electron chi connectivity index (χ2n) is 4.30. The summed E-state index contributed by atoms with van der Waals surface area (Å²) in [7, 11) is 0. The van der Waals surface area contributed by atoms with Crippen LogP contribution in [0.15, 0.2) is 22.7 Å². The van der Waals surface area contributed by atoms with Gasteiger partial charge in [0.15, 0.2) is 0 Å². The average molecular weight is 289 g/mol. The number of nitrogens with one attached hydrogen (secondary N) is 1. The zero-order valence-electron chi connectivity index (χ0n) is 9.18. The van der Waals surface area contributed by atoms with E-state index in [4.69, 9.17) is 5.73 Å². The first-order valence-electron chi connectivity index (χ1n) is 4.82. The summed E-state index contributed by atoms with van der Waals surface area (Å²) in [4.78, 5) is 11.6. The summed E-state index contributed by atoms with van der Waals surface area (Å²) in [6.07, 6.45) is 0. The maximum absolute atomic E-state index is 13.3. The van der Waals surface area contributed by atoms with E-state index in [9.17, 15) is 9.18 Å². The van der Waals surface area contributed by atoms with Crippen LogP contribution < -0.4 is 11.1 Å². The minimum atomic E-state index is -0.546. The molecule has 0 fully saturated rings. The van der Waals surface area contributed by atoms with Gasteiger partial charge in [-0.25, -0.2) is 4.39 Å². The molecule has 0 aliphatic heterocycles. The Morgan fingerprint density at radius 1 is 1.56 bits per heavy atom. The molecule has 5 heteroatoms. The second-order valence-corrected chi connectivity index (χ2v) is 5.21. The third-order valence-corrected chi connectivity index (χ3v) is 2.37. The lowest BCUT2D eigenvalue weighted by Crippen LogP contribution is -2.45. The first-order chi connectivity index (χ1) is 7.29. The van der Waals surface area contributed by atoms with Crippen molar-refractivity contribution in [2.75, 3.05) is 6.54 Å². The smallest absolute Gasteiger partial charge is 0.254 e. The lowest BCUT2D eigenvalue weighted by atomic mass is 10.1. The largest absolute Gasteiger partial charge is 0.350 e. The number of halogens is 2. The number of rotatable bonds is 3. The molecule has 0 bridgehead atoms. The molecule has 0 saturated carbocycles. The van der Waals surface area contributed by atoms with Crippen LogP contribution >= 0.6 is 15.9 Å². The molecule has 1 rings (SSSR count). The van der Waals surface area contributed by atoms with Crippen molar-refractivity contribution in [1.82, 2.24) is 5.32 Å². The Morgan fingerprint density at radius 2 is 2.19 bits per heavy atom. The minimum Gasteiger partial charge on any atom is -0.350 e. The number of carbonyl (C=O) groups excluding carboxylic acids is 1. The second kappa shape index (κ2) is 4.93. The number of amides is 1. The van der Waals surface area contributed by atoms with E-state index in [1.54, 1.807) is 19.9 Å². The molecule has 1 aromatic carbocycles. The highest BCUT2D eigenvalue weighted by atomic mass is 79.9. The molecule has 0 aliphatic carbocycles. The van der Waals surface area contributed by atoms with Crippen LogP contribution in [-0.4, -0.2) is 18.0 Å². The number of nitrogens with two attached hydrogens (primary N) is 1. The Hall–Kier alpha value is -0.940. The molecule has 0 atom stereocenters. The predicted octanol–water partition coefficient (Wildman–Crippen LogP) is 2.06. The topological polar surface area (TPSA) is 55.1 Å². The van der Waals surface area contributed by atoms with Gasteiger partial charge in [0.05, 0.1) is 5.56 Å². The van der Waals surface area contributed by atoms with Crippen molar-refractivity contribution in [3.05, 3.63) is 34.1 Å². The summed E-state index contributed by atoms with van der Waals surface area (Å²) in [6, 6.07) is 4.22. The average Bonchev–Trinajstić information content (AvgIpc) is 2.17. The van der Waals surface area contributed by atoms with E-state index in [-0.39, 0.29) is 12.1 Å². The molecule has 0 spiro atoms. The molecule has 0 aliphatic rings. The lowest BCUT2D eigenvalue weighted by molar-refractivity contribution is 0.0942. The summed E-state index contributed by atoms with van der Waals surface area (Å²) in [5, 5.41) is 2.58. The van der Waals surface area contributed by atoms with Crippen molar-refractivity contribution in [2.24, 2.45) is 5.73 Å². The van der Waals surface area contributed by atoms with Crippen LogP contribution in [0.4, 0.5) is 4.39 Å². The van der Waals surface area contributed by atoms with Gasteiger partial charge in [-0.2, -0.15) is 0 Å². The van der Waals surface area contributed by atoms with E-state index >= 15 is 0 Å². The zero-order chi connectivity index (χ0) is 12.3. The summed E-state index contributed by atoms with van der Waals surface area (Å²) >= 11 is 3.18. The van der Waals surface area contributed by atoms with Crippen LogP contribution in [-0.2, 0) is 0 Å². The molecular weight excluding hydrogens is 275 g/mol. The molecule has 0 saturated heterocycles. The van der Waals surface area contributed by atoms with Gasteiger partial charge in [-0.1, -0.05) is 15.9 Å². The quantitative estimate of drug-likeness (QED) is 0.895. The van der Waals surface area contributed by atoms with E-state index in [0.717, 1.165) is 0 Å². The first-order valence-corrected chi connectivity index (χ1v) is 5.61. The zero-order valence-corrected chi connectivity index (χ0v) is 10.8. The monoisotopic (exact) mass is 288 g/mol. The number of carbonyl (C=O) groups is 1. The third kappa shape index (κ3) is 3.90. The highest BCUT2D eigenvalue weighted by Crippen LogP contribution is 2.15. The van der Waals surface area contributed by atoms with Crippen LogP contribution in [0.25, 0.3) is 0 Å². The van der Waals surface area contributed by atoms with Crippen molar-refractivity contribution < 1.29 is 9.18 Å². The van der Waals surface area contributed by atoms with Gasteiger partial charge in [-0.3, -0.25) is 4.79 Å². The SMILES string of the molecule is CC(C)(N)CNC(=O)c1cc(Br)ccc1F. The normalized spacial score (nSPS) is 11.3. The van der Waals surface area contributed by atoms with Crippen LogP contribution in [0.5, 0.6) is 0 Å². The Balaban J connectivity index is 2.77. The van der Waals surface area contributed by atoms with Crippen molar-refractivity contribution in [3.63, 3.8) is 0 Å². The van der Waals surface area contributed by atoms with Gasteiger partial charge >= 0.3 is 0 Å². The van der Waals surface area contributed by atoms with Gasteiger partial charge in [0.25, 0.3) is 5.91 Å². The molecule has 0 aromatic heterocycles. The highest BCUT2D eigenvalue weighted by Gasteiger charge is 2.16. The Bertz CT molecular complexity index is 401.